The number of nitrogens with zero attached hydrogens (tertiary/aromatic N) is 21. The molecule has 143 heavy (non-hydrogen) atoms. The van der Waals surface area contributed by atoms with Crippen LogP contribution in [0.15, 0.2) is 262 Å². The number of hydrogen-bond acceptors (Lipinski definition) is 17. The molecule has 14 aromatic heterocycles. The topological polar surface area (TPSA) is 287 Å². The first-order chi connectivity index (χ1) is 65.8. The van der Waals surface area contributed by atoms with Crippen molar-refractivity contribution in [1.29, 1.82) is 10.8 Å². The zero-order valence-electron chi connectivity index (χ0n) is 80.5. The van der Waals surface area contributed by atoms with Gasteiger partial charge in [0, 0.05) is 178 Å². The third-order valence-electron chi connectivity index (χ3n) is 20.7. The fourth-order valence-corrected chi connectivity index (χ4v) is 13.4. The summed E-state index contributed by atoms with van der Waals surface area (Å²) in [6.45, 7) is 29.2. The molecule has 0 saturated heterocycles. The molecule has 25 nitrogen and oxygen atoms in total. The van der Waals surface area contributed by atoms with Gasteiger partial charge in [0.1, 0.15) is 0 Å². The minimum Gasteiger partial charge on any atom is -0.453 e. The quantitative estimate of drug-likeness (QED) is 0.0152. The van der Waals surface area contributed by atoms with E-state index in [0.29, 0.717) is 57.7 Å². The Morgan fingerprint density at radius 2 is 1.04 bits per heavy atom. The Bertz CT molecular complexity index is 6860. The van der Waals surface area contributed by atoms with Gasteiger partial charge in [-0.05, 0) is 106 Å². The summed E-state index contributed by atoms with van der Waals surface area (Å²) in [6.07, 6.45) is 27.6. The van der Waals surface area contributed by atoms with Gasteiger partial charge in [-0.3, -0.25) is 53.9 Å². The van der Waals surface area contributed by atoms with Crippen molar-refractivity contribution in [2.75, 3.05) is 10.6 Å². The number of anilines is 2. The molecule has 17 rings (SSSR count). The van der Waals surface area contributed by atoms with E-state index >= 15 is 0 Å². The standard InChI is InChI=1S/C27H29F3N6.C21H19F3N6.C15H9F2N2.C13H18N3.C10H10N3.C10H9N2.C9H8N3.3Ir.2Pt/c1-16(2)23-18(5)31-14-35(23)21-12-8-10-19(33-21)26(6,7)20-11-9-13-22(34-20)36-15-32-25(27(28,29)30)24(36)17(3)4;1-14(25)10-12-26-18-8-4-6-15(27-18)20(2,3)16-7-5-9-19(28-16)30-13-11-17(29-30)21(22,23)24;16-11-6-7-13(14(17)10-11)15-18-8-9-19(15)12-4-2-1-3-5-12;1-11(2)6-7-12(14)8-10-16-13-5-3-4-9-15-13;1-8-9(2)13(7-12-8)10-5-3-4-6-11-10;1-12-8-7-11-10(12)9-5-3-2-4-6-9;1-8-5-7-12(11-8)9-4-2-3-6-10-9;;;;;/h8-13,16-17H,1-7H3;4-11,25H,1-3H3,(H,26,27);1-6,8-10H;3-5,8-9,11,14H,6-7H2,1-2H3,(H,15,16);3-6H,1-2H3;2-5,7-8H,1H3;2-6H,1H3;;;;;/q2*-2;5*-1;;;+3;2*+2. The van der Waals surface area contributed by atoms with Crippen LogP contribution < -0.4 is 20.2 Å². The van der Waals surface area contributed by atoms with E-state index in [-0.39, 0.29) is 125 Å². The minimum atomic E-state index is -4.57. The summed E-state index contributed by atoms with van der Waals surface area (Å²) in [7, 11) is 1.98. The Morgan fingerprint density at radius 1 is 0.524 bits per heavy atom. The molecule has 0 saturated carbocycles. The summed E-state index contributed by atoms with van der Waals surface area (Å²) in [5.41, 5.74) is 7.43. The number of hydrogen-bond donors (Lipinski definition) is 4. The second-order valence-electron chi connectivity index (χ2n) is 33.2. The molecule has 0 bridgehead atoms. The number of nitrogens with one attached hydrogen (secondary N) is 4. The van der Waals surface area contributed by atoms with Gasteiger partial charge in [0.15, 0.2) is 0 Å². The molecular weight excluding hydrogens is 2730 g/mol. The van der Waals surface area contributed by atoms with E-state index in [1.54, 1.807) is 110 Å². The minimum absolute atomic E-state index is 0. The van der Waals surface area contributed by atoms with Crippen molar-refractivity contribution in [2.45, 2.75) is 152 Å². The third kappa shape index (κ3) is 33.5. The van der Waals surface area contributed by atoms with Gasteiger partial charge in [-0.2, -0.15) is 26.3 Å². The van der Waals surface area contributed by atoms with Crippen molar-refractivity contribution < 1.29 is 142 Å². The number of para-hydroxylation sites is 1. The van der Waals surface area contributed by atoms with Gasteiger partial charge >= 0.3 is 74.6 Å². The van der Waals surface area contributed by atoms with Crippen LogP contribution in [0.25, 0.3) is 57.6 Å². The molecule has 0 aliphatic rings. The van der Waals surface area contributed by atoms with E-state index in [2.05, 4.69) is 154 Å². The Balaban J connectivity index is 0.000000264. The Kier molecular flexibility index (Phi) is 46.5. The van der Waals surface area contributed by atoms with Crippen LogP contribution in [-0.4, -0.2) is 104 Å². The van der Waals surface area contributed by atoms with Crippen LogP contribution in [0.5, 0.6) is 0 Å². The number of halogens is 8. The second kappa shape index (κ2) is 55.8. The third-order valence-corrected chi connectivity index (χ3v) is 20.7. The predicted octanol–water partition coefficient (Wildman–Crippen LogP) is 21.8. The molecule has 0 aliphatic heterocycles. The van der Waals surface area contributed by atoms with E-state index in [1.165, 1.54) is 10.6 Å². The Hall–Kier alpha value is -12.6. The van der Waals surface area contributed by atoms with E-state index in [0.717, 1.165) is 104 Å². The van der Waals surface area contributed by atoms with Gasteiger partial charge < -0.3 is 78.6 Å². The fraction of sp³-hybridized carbons (Fsp3) is 0.238. The molecule has 0 spiro atoms. The summed E-state index contributed by atoms with van der Waals surface area (Å²) >= 11 is 0. The molecule has 0 aliphatic carbocycles. The number of imidazole rings is 5. The SMILES string of the molecule is CC(=N)C=[C-]Nc1cccc(C(C)(C)c2cccc(-n3[c-]cc(C(F)(F)F)n3)n2)n1.CC(C)CCC(=N)C=[C-]Nc1ccccn1.C[n+]1cc[n-]c1-c1[c-]cccc1.Cc1c[c-]n(-c2ccccn2)n1.Cc1n[c-]n(-c2cccc(C(C)(C)c3cccc(-n4[c-]nc(C(F)(F)F)c4C(C)C)n3)n2)c1C(C)C.Cc1n[c-]n(-c2ccccn2)c1C.Fc1c[c-]c(-c2nccn2-c2ccccc2)c(F)c1.[Ir+3].[Ir].[Ir].[Pt+2].[Pt+2]. The summed E-state index contributed by atoms with van der Waals surface area (Å²) in [5, 5.41) is 28.6. The largest absolute Gasteiger partial charge is 3.00 e. The number of rotatable bonds is 23. The second-order valence-corrected chi connectivity index (χ2v) is 33.2. The zero-order valence-corrected chi connectivity index (χ0v) is 92.2. The average molecular weight is 2830 g/mol. The van der Waals surface area contributed by atoms with Gasteiger partial charge in [-0.15, -0.1) is 84.7 Å². The number of aromatic nitrogens is 21. The first kappa shape index (κ1) is 119. The fourth-order valence-electron chi connectivity index (χ4n) is 13.4. The van der Waals surface area contributed by atoms with Crippen molar-refractivity contribution in [3.8, 4) is 57.6 Å². The normalized spacial score (nSPS) is 11.0. The van der Waals surface area contributed by atoms with Gasteiger partial charge in [-0.25, -0.2) is 0 Å². The monoisotopic (exact) mass is 2830 g/mol. The van der Waals surface area contributed by atoms with Gasteiger partial charge in [0.25, 0.3) is 0 Å². The van der Waals surface area contributed by atoms with Crippen LogP contribution >= 0.6 is 0 Å². The van der Waals surface area contributed by atoms with Crippen molar-refractivity contribution in [2.24, 2.45) is 13.0 Å². The maximum atomic E-state index is 13.8. The summed E-state index contributed by atoms with van der Waals surface area (Å²) in [6, 6.07) is 66.1. The summed E-state index contributed by atoms with van der Waals surface area (Å²) in [4.78, 5) is 51.5. The van der Waals surface area contributed by atoms with E-state index in [4.69, 9.17) is 20.8 Å². The number of benzene rings is 3. The Morgan fingerprint density at radius 3 is 1.56 bits per heavy atom. The number of allylic oxidation sites excluding steroid dienone is 2. The van der Waals surface area contributed by atoms with Crippen molar-refractivity contribution in [3.05, 3.63) is 398 Å². The molecule has 4 N–H and O–H groups in total. The number of pyridine rings is 7. The van der Waals surface area contributed by atoms with Gasteiger partial charge in [-0.1, -0.05) is 256 Å². The van der Waals surface area contributed by atoms with Crippen LogP contribution in [0, 0.1) is 112 Å². The number of alkyl halides is 6. The van der Waals surface area contributed by atoms with Crippen LogP contribution in [0.2, 0.25) is 0 Å². The summed E-state index contributed by atoms with van der Waals surface area (Å²) < 4.78 is 117. The zero-order chi connectivity index (χ0) is 99.4. The molecule has 0 fully saturated rings. The molecule has 38 heteroatoms. The van der Waals surface area contributed by atoms with E-state index in [1.807, 2.05) is 234 Å². The van der Waals surface area contributed by atoms with Crippen molar-refractivity contribution >= 4 is 23.1 Å². The molecule has 0 atom stereocenters. The smallest absolute Gasteiger partial charge is 0.453 e. The Labute approximate surface area is 896 Å². The predicted molar refractivity (Wildman–Crippen MR) is 512 cm³/mol. The maximum Gasteiger partial charge on any atom is 3.00 e. The van der Waals surface area contributed by atoms with Gasteiger partial charge in [0.2, 0.25) is 0 Å². The summed E-state index contributed by atoms with van der Waals surface area (Å²) in [5.74, 6) is 4.66. The van der Waals surface area contributed by atoms with Crippen LogP contribution in [-0.2, 0) is 133 Å². The molecule has 2 radical (unpaired) electrons. The molecule has 0 unspecified atom stereocenters. The van der Waals surface area contributed by atoms with Crippen LogP contribution in [0.1, 0.15) is 169 Å². The molecule has 752 valence electrons. The molecular formula is C105H102F8Ir3N25Pt2-2. The molecule has 14 heterocycles. The van der Waals surface area contributed by atoms with Crippen molar-refractivity contribution in [1.82, 2.24) is 97.6 Å². The molecule has 17 aromatic rings. The molecule has 3 aromatic carbocycles. The van der Waals surface area contributed by atoms with Crippen LogP contribution in [0.4, 0.5) is 46.8 Å². The maximum absolute atomic E-state index is 13.8. The average Bonchev–Trinajstić information content (AvgIpc) is 1.69. The van der Waals surface area contributed by atoms with E-state index < -0.39 is 52.1 Å². The first-order valence-electron chi connectivity index (χ1n) is 43.7. The van der Waals surface area contributed by atoms with Crippen LogP contribution in [0.3, 0.4) is 0 Å². The van der Waals surface area contributed by atoms with E-state index in [9.17, 15) is 35.1 Å². The van der Waals surface area contributed by atoms with Crippen molar-refractivity contribution in [3.63, 3.8) is 0 Å². The first-order valence-corrected chi connectivity index (χ1v) is 43.7. The van der Waals surface area contributed by atoms with Gasteiger partial charge in [0.05, 0.1) is 46.4 Å². The molecule has 0 amide bonds. The number of aryl methyl sites for hydroxylation is 4.